The van der Waals surface area contributed by atoms with E-state index in [9.17, 15) is 14.0 Å². The monoisotopic (exact) mass is 484 g/mol. The summed E-state index contributed by atoms with van der Waals surface area (Å²) in [7, 11) is 0. The van der Waals surface area contributed by atoms with Gasteiger partial charge in [0.25, 0.3) is 5.91 Å². The van der Waals surface area contributed by atoms with Gasteiger partial charge < -0.3 is 28.7 Å². The van der Waals surface area contributed by atoms with Gasteiger partial charge in [-0.2, -0.15) is 0 Å². The molecule has 3 aliphatic heterocycles. The molecule has 0 spiro atoms. The van der Waals surface area contributed by atoms with Crippen molar-refractivity contribution < 1.29 is 32.9 Å². The van der Waals surface area contributed by atoms with Crippen molar-refractivity contribution in [2.24, 2.45) is 5.41 Å². The van der Waals surface area contributed by atoms with Gasteiger partial charge in [0, 0.05) is 43.6 Å². The van der Waals surface area contributed by atoms with E-state index in [1.807, 2.05) is 4.90 Å². The molecule has 2 fully saturated rings. The summed E-state index contributed by atoms with van der Waals surface area (Å²) >= 11 is 0. The molecule has 0 saturated carbocycles. The van der Waals surface area contributed by atoms with Crippen molar-refractivity contribution >= 4 is 11.8 Å². The summed E-state index contributed by atoms with van der Waals surface area (Å²) in [6.07, 6.45) is 1.76. The van der Waals surface area contributed by atoms with Gasteiger partial charge in [-0.1, -0.05) is 0 Å². The fourth-order valence-electron chi connectivity index (χ4n) is 4.92. The molecule has 8 nitrogen and oxygen atoms in total. The Kier molecular flexibility index (Phi) is 6.77. The maximum absolute atomic E-state index is 13.4. The van der Waals surface area contributed by atoms with E-state index in [-0.39, 0.29) is 37.5 Å². The number of rotatable bonds is 6. The molecule has 1 unspecified atom stereocenters. The fourth-order valence-corrected chi connectivity index (χ4v) is 4.92. The zero-order chi connectivity index (χ0) is 24.3. The van der Waals surface area contributed by atoms with Crippen molar-refractivity contribution in [3.63, 3.8) is 0 Å². The van der Waals surface area contributed by atoms with E-state index < -0.39 is 5.41 Å². The highest BCUT2D eigenvalue weighted by atomic mass is 19.1. The van der Waals surface area contributed by atoms with Crippen LogP contribution in [-0.4, -0.2) is 74.4 Å². The van der Waals surface area contributed by atoms with Crippen molar-refractivity contribution in [1.82, 2.24) is 9.80 Å². The van der Waals surface area contributed by atoms with E-state index in [1.165, 1.54) is 12.1 Å². The molecule has 0 bridgehead atoms. The highest BCUT2D eigenvalue weighted by molar-refractivity contribution is 5.95. The summed E-state index contributed by atoms with van der Waals surface area (Å²) in [5.41, 5.74) is -0.0439. The van der Waals surface area contributed by atoms with Crippen LogP contribution in [0.25, 0.3) is 0 Å². The maximum Gasteiger partial charge on any atom is 0.254 e. The number of morpholine rings is 1. The maximum atomic E-state index is 13.4. The first-order valence-electron chi connectivity index (χ1n) is 11.9. The number of piperidine rings is 1. The van der Waals surface area contributed by atoms with Crippen molar-refractivity contribution in [1.29, 1.82) is 0 Å². The smallest absolute Gasteiger partial charge is 0.254 e. The van der Waals surface area contributed by atoms with Gasteiger partial charge in [0.1, 0.15) is 11.6 Å². The molecule has 9 heteroatoms. The number of nitrogens with zero attached hydrogens (tertiary/aromatic N) is 2. The van der Waals surface area contributed by atoms with Crippen molar-refractivity contribution in [2.75, 3.05) is 52.8 Å². The second kappa shape index (κ2) is 10.1. The Labute approximate surface area is 203 Å². The minimum absolute atomic E-state index is 0.0355. The molecule has 0 aliphatic carbocycles. The highest BCUT2D eigenvalue weighted by Crippen LogP contribution is 2.37. The van der Waals surface area contributed by atoms with E-state index in [1.54, 1.807) is 35.2 Å². The third kappa shape index (κ3) is 5.35. The van der Waals surface area contributed by atoms with Gasteiger partial charge >= 0.3 is 0 Å². The lowest BCUT2D eigenvalue weighted by Crippen LogP contribution is -2.52. The van der Waals surface area contributed by atoms with E-state index >= 15 is 0 Å². The Bertz CT molecular complexity index is 1070. The number of benzene rings is 2. The molecule has 2 amide bonds. The highest BCUT2D eigenvalue weighted by Gasteiger charge is 2.41. The standard InChI is InChI=1S/C26H29FN2O6/c27-20-3-5-21(6-4-20)33-17-26(15-24(30)28-10-12-32-13-11-28)8-1-9-29(16-26)25(31)19-2-7-22-23(14-19)35-18-34-22/h2-7,14H,1,8-13,15-18H2. The van der Waals surface area contributed by atoms with Gasteiger partial charge in [-0.25, -0.2) is 4.39 Å². The van der Waals surface area contributed by atoms with Crippen LogP contribution in [-0.2, 0) is 9.53 Å². The van der Waals surface area contributed by atoms with Crippen LogP contribution in [0.4, 0.5) is 4.39 Å². The quantitative estimate of drug-likeness (QED) is 0.627. The van der Waals surface area contributed by atoms with E-state index in [0.29, 0.717) is 62.2 Å². The van der Waals surface area contributed by atoms with Crippen molar-refractivity contribution in [3.05, 3.63) is 53.8 Å². The minimum Gasteiger partial charge on any atom is -0.493 e. The zero-order valence-corrected chi connectivity index (χ0v) is 19.5. The molecule has 3 aliphatic rings. The lowest BCUT2D eigenvalue weighted by Gasteiger charge is -2.43. The Morgan fingerprint density at radius 2 is 1.74 bits per heavy atom. The molecule has 2 aromatic rings. The Morgan fingerprint density at radius 1 is 0.971 bits per heavy atom. The molecular weight excluding hydrogens is 455 g/mol. The summed E-state index contributed by atoms with van der Waals surface area (Å²) in [5, 5.41) is 0. The molecule has 2 aromatic carbocycles. The van der Waals surface area contributed by atoms with Gasteiger partial charge in [0.15, 0.2) is 11.5 Å². The van der Waals surface area contributed by atoms with Crippen LogP contribution in [0.1, 0.15) is 29.6 Å². The van der Waals surface area contributed by atoms with E-state index in [2.05, 4.69) is 0 Å². The van der Waals surface area contributed by atoms with E-state index in [0.717, 1.165) is 12.8 Å². The van der Waals surface area contributed by atoms with Crippen molar-refractivity contribution in [2.45, 2.75) is 19.3 Å². The SMILES string of the molecule is O=C(CC1(COc2ccc(F)cc2)CCCN(C(=O)c2ccc3c(c2)OCO3)C1)N1CCOCC1. The number of carbonyl (C=O) groups excluding carboxylic acids is 2. The largest absolute Gasteiger partial charge is 0.493 e. The van der Waals surface area contributed by atoms with Gasteiger partial charge in [0.05, 0.1) is 19.8 Å². The summed E-state index contributed by atoms with van der Waals surface area (Å²) in [4.78, 5) is 30.3. The fraction of sp³-hybridized carbons (Fsp3) is 0.462. The third-order valence-corrected chi connectivity index (χ3v) is 6.82. The molecule has 186 valence electrons. The number of hydrogen-bond donors (Lipinski definition) is 0. The van der Waals surface area contributed by atoms with Gasteiger partial charge in [0.2, 0.25) is 12.7 Å². The summed E-state index contributed by atoms with van der Waals surface area (Å²) in [6, 6.07) is 11.0. The molecule has 0 N–H and O–H groups in total. The molecule has 35 heavy (non-hydrogen) atoms. The molecule has 0 aromatic heterocycles. The average molecular weight is 485 g/mol. The van der Waals surface area contributed by atoms with Crippen LogP contribution in [0.15, 0.2) is 42.5 Å². The van der Waals surface area contributed by atoms with Crippen LogP contribution in [0, 0.1) is 11.2 Å². The predicted molar refractivity (Wildman–Crippen MR) is 124 cm³/mol. The van der Waals surface area contributed by atoms with Gasteiger partial charge in [-0.3, -0.25) is 9.59 Å². The number of likely N-dealkylation sites (tertiary alicyclic amines) is 1. The second-order valence-electron chi connectivity index (χ2n) is 9.31. The first-order chi connectivity index (χ1) is 17.0. The van der Waals surface area contributed by atoms with Crippen LogP contribution in [0.2, 0.25) is 0 Å². The number of halogens is 1. The van der Waals surface area contributed by atoms with Crippen LogP contribution >= 0.6 is 0 Å². The van der Waals surface area contributed by atoms with Gasteiger partial charge in [-0.15, -0.1) is 0 Å². The first-order valence-corrected chi connectivity index (χ1v) is 11.9. The van der Waals surface area contributed by atoms with Gasteiger partial charge in [-0.05, 0) is 55.3 Å². The van der Waals surface area contributed by atoms with Crippen LogP contribution < -0.4 is 14.2 Å². The molecule has 3 heterocycles. The van der Waals surface area contributed by atoms with E-state index in [4.69, 9.17) is 18.9 Å². The Hall–Kier alpha value is -3.33. The topological polar surface area (TPSA) is 77.5 Å². The number of ether oxygens (including phenoxy) is 4. The summed E-state index contributed by atoms with van der Waals surface area (Å²) in [6.45, 7) is 3.55. The zero-order valence-electron chi connectivity index (χ0n) is 19.5. The summed E-state index contributed by atoms with van der Waals surface area (Å²) < 4.78 is 35.6. The van der Waals surface area contributed by atoms with Crippen LogP contribution in [0.5, 0.6) is 17.2 Å². The number of hydrogen-bond acceptors (Lipinski definition) is 6. The number of fused-ring (bicyclic) bond motifs is 1. The minimum atomic E-state index is -0.561. The molecular formula is C26H29FN2O6. The van der Waals surface area contributed by atoms with Crippen LogP contribution in [0.3, 0.4) is 0 Å². The van der Waals surface area contributed by atoms with Crippen molar-refractivity contribution in [3.8, 4) is 17.2 Å². The molecule has 2 saturated heterocycles. The Balaban J connectivity index is 1.34. The number of amides is 2. The number of carbonyl (C=O) groups is 2. The normalized spacial score (nSPS) is 21.6. The third-order valence-electron chi connectivity index (χ3n) is 6.82. The predicted octanol–water partition coefficient (Wildman–Crippen LogP) is 3.10. The molecule has 0 radical (unpaired) electrons. The lowest BCUT2D eigenvalue weighted by atomic mass is 9.77. The lowest BCUT2D eigenvalue weighted by molar-refractivity contribution is -0.139. The average Bonchev–Trinajstić information content (AvgIpc) is 3.37. The Morgan fingerprint density at radius 3 is 2.54 bits per heavy atom. The molecule has 1 atom stereocenters. The first kappa shape index (κ1) is 23.4. The second-order valence-corrected chi connectivity index (χ2v) is 9.31. The molecule has 5 rings (SSSR count). The summed E-state index contributed by atoms with van der Waals surface area (Å²) in [5.74, 6) is 1.29.